The zero-order valence-electron chi connectivity index (χ0n) is 15.7. The Morgan fingerprint density at radius 3 is 2.61 bits per heavy atom. The molecule has 2 aromatic rings. The molecule has 144 valence electrons. The van der Waals surface area contributed by atoms with Gasteiger partial charge in [0.1, 0.15) is 12.1 Å². The summed E-state index contributed by atoms with van der Waals surface area (Å²) >= 11 is 0. The van der Waals surface area contributed by atoms with E-state index in [1.165, 1.54) is 7.11 Å². The van der Waals surface area contributed by atoms with Gasteiger partial charge in [-0.05, 0) is 24.5 Å². The monoisotopic (exact) mass is 397 g/mol. The smallest absolute Gasteiger partial charge is 0.550 e. The number of amides is 2. The molecule has 2 rings (SSSR count). The first kappa shape index (κ1) is 23.7. The van der Waals surface area contributed by atoms with Crippen molar-refractivity contribution in [1.29, 1.82) is 0 Å². The summed E-state index contributed by atoms with van der Waals surface area (Å²) in [5.41, 5.74) is 1.69. The van der Waals surface area contributed by atoms with Crippen LogP contribution in [0.3, 0.4) is 0 Å². The van der Waals surface area contributed by atoms with Crippen LogP contribution < -0.4 is 45.3 Å². The molecule has 0 radical (unpaired) electrons. The van der Waals surface area contributed by atoms with Gasteiger partial charge in [-0.2, -0.15) is 0 Å². The third-order valence-corrected chi connectivity index (χ3v) is 4.12. The molecule has 0 saturated carbocycles. The fourth-order valence-electron chi connectivity index (χ4n) is 2.76. The first-order chi connectivity index (χ1) is 13.0. The maximum Gasteiger partial charge on any atom is 1.00 e. The van der Waals surface area contributed by atoms with Gasteiger partial charge in [0.2, 0.25) is 12.3 Å². The van der Waals surface area contributed by atoms with Crippen molar-refractivity contribution in [3.05, 3.63) is 36.0 Å². The fraction of sp³-hybridized carbons (Fsp3) is 0.333. The maximum absolute atomic E-state index is 12.4. The Bertz CT molecular complexity index is 838. The zero-order chi connectivity index (χ0) is 19.8. The van der Waals surface area contributed by atoms with Crippen LogP contribution in [0.2, 0.25) is 0 Å². The van der Waals surface area contributed by atoms with Gasteiger partial charge >= 0.3 is 35.5 Å². The van der Waals surface area contributed by atoms with Crippen molar-refractivity contribution >= 4 is 35.2 Å². The van der Waals surface area contributed by atoms with Crippen LogP contribution in [0.5, 0.6) is 0 Å². The number of aromatic amines is 1. The van der Waals surface area contributed by atoms with E-state index in [0.29, 0.717) is 6.41 Å². The number of H-pyrrole nitrogens is 1. The van der Waals surface area contributed by atoms with Crippen LogP contribution in [0.4, 0.5) is 0 Å². The molecule has 2 amide bonds. The molecule has 10 heteroatoms. The van der Waals surface area contributed by atoms with E-state index < -0.39 is 36.4 Å². The predicted octanol–water partition coefficient (Wildman–Crippen LogP) is -3.98. The van der Waals surface area contributed by atoms with Crippen LogP contribution in [0, 0.1) is 0 Å². The Kier molecular flexibility index (Phi) is 9.70. The van der Waals surface area contributed by atoms with Crippen molar-refractivity contribution in [2.45, 2.75) is 31.3 Å². The Labute approximate surface area is 183 Å². The van der Waals surface area contributed by atoms with Crippen LogP contribution >= 0.6 is 0 Å². The quantitative estimate of drug-likeness (QED) is 0.212. The number of fused-ring (bicyclic) bond motifs is 1. The van der Waals surface area contributed by atoms with Gasteiger partial charge in [0, 0.05) is 29.5 Å². The number of carboxylic acid groups (broad SMARTS) is 1. The van der Waals surface area contributed by atoms with Crippen LogP contribution in [-0.4, -0.2) is 48.4 Å². The molecular weight excluding hydrogens is 377 g/mol. The number of carbonyl (C=O) groups excluding carboxylic acids is 4. The minimum Gasteiger partial charge on any atom is -0.550 e. The first-order valence-corrected chi connectivity index (χ1v) is 8.29. The molecule has 9 nitrogen and oxygen atoms in total. The normalized spacial score (nSPS) is 12.3. The topological polar surface area (TPSA) is 140 Å². The molecule has 2 unspecified atom stereocenters. The SMILES string of the molecule is COC(=O)C(Cc1c[nH]c2ccccc12)NC(=O)C(CCC(=O)[O-])NC=O.[Na+]. The third kappa shape index (κ3) is 6.36. The van der Waals surface area contributed by atoms with Crippen molar-refractivity contribution in [2.24, 2.45) is 0 Å². The van der Waals surface area contributed by atoms with E-state index in [2.05, 4.69) is 15.6 Å². The van der Waals surface area contributed by atoms with Crippen LogP contribution in [0.1, 0.15) is 18.4 Å². The number of aliphatic carboxylic acids is 1. The van der Waals surface area contributed by atoms with E-state index in [-0.39, 0.29) is 42.4 Å². The molecule has 0 spiro atoms. The summed E-state index contributed by atoms with van der Waals surface area (Å²) in [6.45, 7) is 0. The van der Waals surface area contributed by atoms with Crippen molar-refractivity contribution in [3.8, 4) is 0 Å². The van der Waals surface area contributed by atoms with Gasteiger partial charge in [-0.15, -0.1) is 0 Å². The number of methoxy groups -OCH3 is 1. The largest absolute Gasteiger partial charge is 1.00 e. The number of hydrogen-bond donors (Lipinski definition) is 3. The minimum atomic E-state index is -1.34. The van der Waals surface area contributed by atoms with Crippen molar-refractivity contribution < 1.29 is 58.6 Å². The molecular formula is C18H20N3NaO6. The summed E-state index contributed by atoms with van der Waals surface area (Å²) in [5, 5.41) is 16.3. The minimum absolute atomic E-state index is 0. The summed E-state index contributed by atoms with van der Waals surface area (Å²) in [7, 11) is 1.20. The number of aromatic nitrogens is 1. The standard InChI is InChI=1S/C18H21N3O6.Na/c1-27-18(26)15(8-11-9-19-13-5-3-2-4-12(11)13)21-17(25)14(20-10-22)6-7-16(23)24;/h2-5,9-10,14-15,19H,6-8H2,1H3,(H,20,22)(H,21,25)(H,23,24);/q;+1/p-1. The summed E-state index contributed by atoms with van der Waals surface area (Å²) in [4.78, 5) is 48.9. The van der Waals surface area contributed by atoms with Crippen LogP contribution in [0.15, 0.2) is 30.5 Å². The van der Waals surface area contributed by atoms with Crippen molar-refractivity contribution in [3.63, 3.8) is 0 Å². The molecule has 1 aromatic heterocycles. The number of rotatable bonds is 10. The number of nitrogens with one attached hydrogen (secondary N) is 3. The van der Waals surface area contributed by atoms with Gasteiger partial charge in [0.15, 0.2) is 0 Å². The molecule has 0 fully saturated rings. The molecule has 28 heavy (non-hydrogen) atoms. The molecule has 1 aromatic carbocycles. The number of ether oxygens (including phenoxy) is 1. The van der Waals surface area contributed by atoms with Gasteiger partial charge in [-0.1, -0.05) is 18.2 Å². The summed E-state index contributed by atoms with van der Waals surface area (Å²) in [5.74, 6) is -2.68. The molecule has 3 N–H and O–H groups in total. The van der Waals surface area contributed by atoms with E-state index in [0.717, 1.165) is 16.5 Å². The number of para-hydroxylation sites is 1. The maximum atomic E-state index is 12.4. The van der Waals surface area contributed by atoms with Gasteiger partial charge in [0.05, 0.1) is 7.11 Å². The average molecular weight is 397 g/mol. The van der Waals surface area contributed by atoms with Crippen molar-refractivity contribution in [2.75, 3.05) is 7.11 Å². The van der Waals surface area contributed by atoms with E-state index in [1.807, 2.05) is 24.3 Å². The summed E-state index contributed by atoms with van der Waals surface area (Å²) in [6.07, 6.45) is 1.63. The van der Waals surface area contributed by atoms with E-state index in [1.54, 1.807) is 6.20 Å². The molecule has 0 aliphatic rings. The summed E-state index contributed by atoms with van der Waals surface area (Å²) < 4.78 is 4.75. The summed E-state index contributed by atoms with van der Waals surface area (Å²) in [6, 6.07) is 5.39. The first-order valence-electron chi connectivity index (χ1n) is 8.29. The molecule has 2 atom stereocenters. The number of carboxylic acids is 1. The van der Waals surface area contributed by atoms with Crippen LogP contribution in [0.25, 0.3) is 10.9 Å². The molecule has 0 saturated heterocycles. The number of esters is 1. The Hall–Kier alpha value is -2.36. The third-order valence-electron chi connectivity index (χ3n) is 4.12. The van der Waals surface area contributed by atoms with Gasteiger partial charge in [-0.25, -0.2) is 4.79 Å². The van der Waals surface area contributed by atoms with Gasteiger partial charge in [0.25, 0.3) is 0 Å². The number of hydrogen-bond acceptors (Lipinski definition) is 6. The number of benzene rings is 1. The van der Waals surface area contributed by atoms with Gasteiger partial charge in [-0.3, -0.25) is 9.59 Å². The Morgan fingerprint density at radius 1 is 1.25 bits per heavy atom. The van der Waals surface area contributed by atoms with Crippen LogP contribution in [-0.2, 0) is 30.3 Å². The zero-order valence-corrected chi connectivity index (χ0v) is 17.7. The molecule has 0 aliphatic heterocycles. The number of carbonyl (C=O) groups is 4. The second-order valence-electron chi connectivity index (χ2n) is 5.90. The second-order valence-corrected chi connectivity index (χ2v) is 5.90. The Balaban J connectivity index is 0.00000392. The average Bonchev–Trinajstić information content (AvgIpc) is 3.06. The van der Waals surface area contributed by atoms with E-state index in [9.17, 15) is 24.3 Å². The molecule has 1 heterocycles. The van der Waals surface area contributed by atoms with Crippen molar-refractivity contribution in [1.82, 2.24) is 15.6 Å². The second kappa shape index (κ2) is 11.5. The van der Waals surface area contributed by atoms with Gasteiger partial charge < -0.3 is 30.3 Å². The fourth-order valence-corrected chi connectivity index (χ4v) is 2.76. The molecule has 0 bridgehead atoms. The Morgan fingerprint density at radius 2 is 1.96 bits per heavy atom. The predicted molar refractivity (Wildman–Crippen MR) is 93.2 cm³/mol. The van der Waals surface area contributed by atoms with E-state index in [4.69, 9.17) is 4.74 Å². The molecule has 0 aliphatic carbocycles. The van der Waals surface area contributed by atoms with E-state index >= 15 is 0 Å².